The maximum absolute atomic E-state index is 5.81. The van der Waals surface area contributed by atoms with E-state index in [9.17, 15) is 0 Å². The third kappa shape index (κ3) is 3.71. The van der Waals surface area contributed by atoms with Crippen molar-refractivity contribution in [2.75, 3.05) is 6.54 Å². The van der Waals surface area contributed by atoms with Crippen molar-refractivity contribution in [3.8, 4) is 0 Å². The molecule has 0 saturated heterocycles. The highest BCUT2D eigenvalue weighted by Crippen LogP contribution is 2.18. The zero-order chi connectivity index (χ0) is 16.1. The minimum absolute atomic E-state index is 0.575. The van der Waals surface area contributed by atoms with E-state index in [0.717, 1.165) is 34.9 Å². The Morgan fingerprint density at radius 2 is 2.13 bits per heavy atom. The highest BCUT2D eigenvalue weighted by Gasteiger charge is 2.05. The Bertz CT molecular complexity index is 769. The number of para-hydroxylation sites is 1. The van der Waals surface area contributed by atoms with Crippen molar-refractivity contribution in [2.24, 2.45) is 12.0 Å². The molecular weight excluding hydrogens is 290 g/mol. The first-order valence-electron chi connectivity index (χ1n) is 7.73. The lowest BCUT2D eigenvalue weighted by molar-refractivity contribution is 0.538. The summed E-state index contributed by atoms with van der Waals surface area (Å²) in [5.41, 5.74) is 1.96. The lowest BCUT2D eigenvalue weighted by Crippen LogP contribution is -2.36. The van der Waals surface area contributed by atoms with Crippen LogP contribution in [0.4, 0.5) is 0 Å². The second-order valence-corrected chi connectivity index (χ2v) is 5.25. The molecule has 0 saturated carbocycles. The summed E-state index contributed by atoms with van der Waals surface area (Å²) in [5.74, 6) is 1.64. The maximum atomic E-state index is 5.81. The summed E-state index contributed by atoms with van der Waals surface area (Å²) in [6.45, 7) is 4.01. The Morgan fingerprint density at radius 3 is 2.87 bits per heavy atom. The van der Waals surface area contributed by atoms with Crippen molar-refractivity contribution in [3.63, 3.8) is 0 Å². The molecule has 2 N–H and O–H groups in total. The fourth-order valence-corrected chi connectivity index (χ4v) is 2.35. The van der Waals surface area contributed by atoms with Gasteiger partial charge in [-0.15, -0.1) is 0 Å². The van der Waals surface area contributed by atoms with Gasteiger partial charge in [0, 0.05) is 25.2 Å². The van der Waals surface area contributed by atoms with Gasteiger partial charge in [-0.25, -0.2) is 4.99 Å². The van der Waals surface area contributed by atoms with Gasteiger partial charge in [-0.3, -0.25) is 4.68 Å². The first kappa shape index (κ1) is 15.1. The van der Waals surface area contributed by atoms with Gasteiger partial charge in [0.25, 0.3) is 0 Å². The molecule has 0 amide bonds. The second kappa shape index (κ2) is 7.00. The van der Waals surface area contributed by atoms with Crippen LogP contribution in [-0.2, 0) is 20.1 Å². The van der Waals surface area contributed by atoms with E-state index in [0.29, 0.717) is 13.1 Å². The average molecular weight is 311 g/mol. The van der Waals surface area contributed by atoms with E-state index >= 15 is 0 Å². The van der Waals surface area contributed by atoms with Crippen molar-refractivity contribution < 1.29 is 4.42 Å². The Morgan fingerprint density at radius 1 is 1.26 bits per heavy atom. The van der Waals surface area contributed by atoms with Crippen LogP contribution in [0.5, 0.6) is 0 Å². The van der Waals surface area contributed by atoms with Crippen LogP contribution in [0.25, 0.3) is 11.0 Å². The first-order chi connectivity index (χ1) is 11.3. The second-order valence-electron chi connectivity index (χ2n) is 5.25. The van der Waals surface area contributed by atoms with Crippen LogP contribution in [0.15, 0.2) is 52.0 Å². The number of fused-ring (bicyclic) bond motifs is 1. The molecule has 2 heterocycles. The molecule has 0 bridgehead atoms. The Labute approximate surface area is 135 Å². The quantitative estimate of drug-likeness (QED) is 0.561. The fraction of sp³-hybridized carbons (Fsp3) is 0.294. The predicted octanol–water partition coefficient (Wildman–Crippen LogP) is 2.42. The van der Waals surface area contributed by atoms with Gasteiger partial charge in [-0.2, -0.15) is 5.10 Å². The molecule has 0 aliphatic rings. The highest BCUT2D eigenvalue weighted by atomic mass is 16.3. The van der Waals surface area contributed by atoms with Crippen LogP contribution in [0, 0.1) is 0 Å². The summed E-state index contributed by atoms with van der Waals surface area (Å²) in [5, 5.41) is 11.8. The molecule has 0 fully saturated rings. The molecule has 120 valence electrons. The normalized spacial score (nSPS) is 11.8. The molecule has 1 aromatic carbocycles. The molecule has 3 aromatic rings. The van der Waals surface area contributed by atoms with E-state index in [2.05, 4.69) is 20.7 Å². The van der Waals surface area contributed by atoms with Gasteiger partial charge in [-0.1, -0.05) is 18.2 Å². The number of aromatic nitrogens is 2. The lowest BCUT2D eigenvalue weighted by Gasteiger charge is -2.10. The molecule has 6 nitrogen and oxygen atoms in total. The topological polar surface area (TPSA) is 67.4 Å². The van der Waals surface area contributed by atoms with E-state index in [4.69, 9.17) is 4.42 Å². The Balaban J connectivity index is 1.65. The number of aryl methyl sites for hydroxylation is 1. The third-order valence-corrected chi connectivity index (χ3v) is 3.57. The minimum atomic E-state index is 0.575. The number of benzene rings is 1. The van der Waals surface area contributed by atoms with E-state index in [1.807, 2.05) is 55.1 Å². The molecule has 2 aromatic heterocycles. The van der Waals surface area contributed by atoms with Crippen LogP contribution in [0.2, 0.25) is 0 Å². The molecule has 0 aliphatic heterocycles. The van der Waals surface area contributed by atoms with Gasteiger partial charge >= 0.3 is 0 Å². The van der Waals surface area contributed by atoms with Gasteiger partial charge in [0.05, 0.1) is 18.8 Å². The summed E-state index contributed by atoms with van der Waals surface area (Å²) in [6, 6.07) is 12.0. The van der Waals surface area contributed by atoms with Gasteiger partial charge < -0.3 is 15.1 Å². The van der Waals surface area contributed by atoms with Crippen molar-refractivity contribution >= 4 is 16.9 Å². The number of hydrogen-bond acceptors (Lipinski definition) is 3. The van der Waals surface area contributed by atoms with Crippen molar-refractivity contribution in [1.82, 2.24) is 20.4 Å². The van der Waals surface area contributed by atoms with Crippen molar-refractivity contribution in [2.45, 2.75) is 20.0 Å². The molecule has 0 spiro atoms. The summed E-state index contributed by atoms with van der Waals surface area (Å²) >= 11 is 0. The molecule has 3 rings (SSSR count). The number of rotatable bonds is 5. The summed E-state index contributed by atoms with van der Waals surface area (Å²) in [4.78, 5) is 4.58. The lowest BCUT2D eigenvalue weighted by atomic mass is 10.2. The zero-order valence-corrected chi connectivity index (χ0v) is 13.4. The largest absolute Gasteiger partial charge is 0.459 e. The van der Waals surface area contributed by atoms with E-state index in [-0.39, 0.29) is 0 Å². The molecule has 0 atom stereocenters. The molecule has 0 unspecified atom stereocenters. The smallest absolute Gasteiger partial charge is 0.192 e. The number of nitrogens with zero attached hydrogens (tertiary/aromatic N) is 3. The van der Waals surface area contributed by atoms with Crippen LogP contribution in [0.3, 0.4) is 0 Å². The van der Waals surface area contributed by atoms with Crippen LogP contribution in [0.1, 0.15) is 18.4 Å². The number of guanidine groups is 1. The number of hydrogen-bond donors (Lipinski definition) is 2. The van der Waals surface area contributed by atoms with E-state index < -0.39 is 0 Å². The van der Waals surface area contributed by atoms with Crippen molar-refractivity contribution in [1.29, 1.82) is 0 Å². The predicted molar refractivity (Wildman–Crippen MR) is 91.1 cm³/mol. The molecule has 6 heteroatoms. The maximum Gasteiger partial charge on any atom is 0.192 e. The van der Waals surface area contributed by atoms with Gasteiger partial charge in [0.1, 0.15) is 11.3 Å². The molecule has 0 aliphatic carbocycles. The van der Waals surface area contributed by atoms with Gasteiger partial charge in [0.15, 0.2) is 5.96 Å². The standard InChI is InChI=1S/C17H21N5O/c1-3-18-17(19-11-14-8-9-21-22(14)2)20-12-15-10-13-6-4-5-7-16(13)23-15/h4-10H,3,11-12H2,1-2H3,(H2,18,19,20). The Hall–Kier alpha value is -2.76. The van der Waals surface area contributed by atoms with E-state index in [1.165, 1.54) is 0 Å². The monoisotopic (exact) mass is 311 g/mol. The van der Waals surface area contributed by atoms with Gasteiger partial charge in [0.2, 0.25) is 0 Å². The molecule has 0 radical (unpaired) electrons. The number of furan rings is 1. The van der Waals surface area contributed by atoms with Gasteiger partial charge in [-0.05, 0) is 25.1 Å². The number of aliphatic imine (C=N–C) groups is 1. The van der Waals surface area contributed by atoms with E-state index in [1.54, 1.807) is 6.20 Å². The zero-order valence-electron chi connectivity index (χ0n) is 13.4. The van der Waals surface area contributed by atoms with Crippen molar-refractivity contribution in [3.05, 3.63) is 54.0 Å². The third-order valence-electron chi connectivity index (χ3n) is 3.57. The summed E-state index contributed by atoms with van der Waals surface area (Å²) in [6.07, 6.45) is 1.78. The molecular formula is C17H21N5O. The SMILES string of the molecule is CCNC(=NCc1ccnn1C)NCc1cc2ccccc2o1. The first-order valence-corrected chi connectivity index (χ1v) is 7.73. The highest BCUT2D eigenvalue weighted by molar-refractivity contribution is 5.80. The van der Waals surface area contributed by atoms with Crippen LogP contribution in [-0.4, -0.2) is 22.3 Å². The summed E-state index contributed by atoms with van der Waals surface area (Å²) < 4.78 is 7.63. The van der Waals surface area contributed by atoms with Crippen LogP contribution < -0.4 is 10.6 Å². The summed E-state index contributed by atoms with van der Waals surface area (Å²) in [7, 11) is 1.92. The number of nitrogens with one attached hydrogen (secondary N) is 2. The minimum Gasteiger partial charge on any atom is -0.459 e. The fourth-order valence-electron chi connectivity index (χ4n) is 2.35. The van der Waals surface area contributed by atoms with Crippen LogP contribution >= 0.6 is 0 Å². The molecule has 23 heavy (non-hydrogen) atoms. The average Bonchev–Trinajstić information content (AvgIpc) is 3.15. The Kier molecular flexibility index (Phi) is 4.61.